The van der Waals surface area contributed by atoms with Crippen LogP contribution in [0.3, 0.4) is 0 Å². The number of hydrogen-bond acceptors (Lipinski definition) is 6. The molecule has 0 aliphatic carbocycles. The second-order valence-electron chi connectivity index (χ2n) is 8.46. The zero-order chi connectivity index (χ0) is 22.8. The first-order valence-electron chi connectivity index (χ1n) is 11.7. The highest BCUT2D eigenvalue weighted by molar-refractivity contribution is 5.82. The number of nitrogens with zero attached hydrogens (tertiary/aromatic N) is 4. The number of hydrogen-bond donors (Lipinski definition) is 2. The molecule has 1 aliphatic heterocycles. The van der Waals surface area contributed by atoms with Crippen molar-refractivity contribution in [3.63, 3.8) is 0 Å². The number of anilines is 2. The third-order valence-electron chi connectivity index (χ3n) is 6.09. The van der Waals surface area contributed by atoms with Crippen molar-refractivity contribution in [1.82, 2.24) is 19.9 Å². The van der Waals surface area contributed by atoms with Crippen molar-refractivity contribution in [2.24, 2.45) is 0 Å². The third-order valence-corrected chi connectivity index (χ3v) is 6.09. The van der Waals surface area contributed by atoms with Crippen molar-refractivity contribution in [3.8, 4) is 16.9 Å². The Balaban J connectivity index is 1.47. The third kappa shape index (κ3) is 4.23. The summed E-state index contributed by atoms with van der Waals surface area (Å²) in [5.41, 5.74) is 6.65. The molecule has 0 fully saturated rings. The number of H-pyrrole nitrogens is 1. The fourth-order valence-corrected chi connectivity index (χ4v) is 4.46. The molecule has 0 atom stereocenters. The molecule has 33 heavy (non-hydrogen) atoms. The van der Waals surface area contributed by atoms with Crippen molar-refractivity contribution >= 4 is 22.7 Å². The molecular weight excluding hydrogens is 412 g/mol. The van der Waals surface area contributed by atoms with Crippen LogP contribution in [0.1, 0.15) is 37.2 Å². The Morgan fingerprint density at radius 1 is 1.09 bits per heavy atom. The van der Waals surface area contributed by atoms with E-state index in [4.69, 9.17) is 9.72 Å². The first-order valence-corrected chi connectivity index (χ1v) is 11.7. The van der Waals surface area contributed by atoms with Gasteiger partial charge in [-0.2, -0.15) is 0 Å². The van der Waals surface area contributed by atoms with Crippen LogP contribution in [0.2, 0.25) is 0 Å². The van der Waals surface area contributed by atoms with E-state index < -0.39 is 0 Å². The summed E-state index contributed by atoms with van der Waals surface area (Å²) in [4.78, 5) is 19.4. The first-order chi connectivity index (χ1) is 16.2. The number of fused-ring (bicyclic) bond motifs is 2. The van der Waals surface area contributed by atoms with Gasteiger partial charge in [-0.3, -0.25) is 0 Å². The molecule has 0 spiro atoms. The average molecular weight is 443 g/mol. The Morgan fingerprint density at radius 2 is 1.94 bits per heavy atom. The minimum atomic E-state index is 0.618. The van der Waals surface area contributed by atoms with E-state index >= 15 is 0 Å². The zero-order valence-corrected chi connectivity index (χ0v) is 19.5. The average Bonchev–Trinajstić information content (AvgIpc) is 3.10. The number of nitrogens with one attached hydrogen (secondary N) is 2. The fraction of sp³-hybridized carbons (Fsp3) is 0.346. The van der Waals surface area contributed by atoms with Gasteiger partial charge in [0, 0.05) is 30.6 Å². The Hall–Kier alpha value is -3.61. The van der Waals surface area contributed by atoms with Crippen molar-refractivity contribution in [1.29, 1.82) is 0 Å². The molecule has 1 aliphatic rings. The molecule has 2 aromatic carbocycles. The quantitative estimate of drug-likeness (QED) is 0.432. The van der Waals surface area contributed by atoms with Gasteiger partial charge >= 0.3 is 0 Å². The maximum atomic E-state index is 6.09. The highest BCUT2D eigenvalue weighted by Crippen LogP contribution is 2.33. The van der Waals surface area contributed by atoms with Crippen LogP contribution >= 0.6 is 0 Å². The number of benzene rings is 2. The SMILES string of the molecule is CCCc1nc2ccc(-c3ccc4c(c3)CN(c3ncnc(NCC)c3C)CCO4)cc2[nH]1. The molecule has 0 saturated carbocycles. The molecule has 2 N–H and O–H groups in total. The van der Waals surface area contributed by atoms with Gasteiger partial charge in [-0.25, -0.2) is 15.0 Å². The van der Waals surface area contributed by atoms with Crippen molar-refractivity contribution in [3.05, 3.63) is 59.7 Å². The van der Waals surface area contributed by atoms with Crippen LogP contribution in [0.5, 0.6) is 5.75 Å². The molecule has 3 heterocycles. The molecule has 0 bridgehead atoms. The van der Waals surface area contributed by atoms with E-state index in [2.05, 4.69) is 82.3 Å². The summed E-state index contributed by atoms with van der Waals surface area (Å²) >= 11 is 0. The molecule has 7 nitrogen and oxygen atoms in total. The van der Waals surface area contributed by atoms with Crippen LogP contribution in [-0.2, 0) is 13.0 Å². The number of ether oxygens (including phenoxy) is 1. The lowest BCUT2D eigenvalue weighted by atomic mass is 10.0. The van der Waals surface area contributed by atoms with E-state index in [1.54, 1.807) is 6.33 Å². The summed E-state index contributed by atoms with van der Waals surface area (Å²) in [7, 11) is 0. The van der Waals surface area contributed by atoms with Gasteiger partial charge in [-0.15, -0.1) is 0 Å². The van der Waals surface area contributed by atoms with Gasteiger partial charge in [0.1, 0.15) is 36.1 Å². The summed E-state index contributed by atoms with van der Waals surface area (Å²) in [5.74, 6) is 3.82. The van der Waals surface area contributed by atoms with Crippen LogP contribution in [0.25, 0.3) is 22.2 Å². The molecule has 0 unspecified atom stereocenters. The van der Waals surface area contributed by atoms with E-state index in [0.717, 1.165) is 77.8 Å². The summed E-state index contributed by atoms with van der Waals surface area (Å²) in [5, 5.41) is 3.33. The summed E-state index contributed by atoms with van der Waals surface area (Å²) in [6.07, 6.45) is 3.68. The van der Waals surface area contributed by atoms with Crippen LogP contribution < -0.4 is 15.0 Å². The van der Waals surface area contributed by atoms with Gasteiger partial charge in [-0.1, -0.05) is 19.1 Å². The predicted molar refractivity (Wildman–Crippen MR) is 133 cm³/mol. The number of rotatable bonds is 6. The summed E-state index contributed by atoms with van der Waals surface area (Å²) in [6.45, 7) is 9.27. The van der Waals surface area contributed by atoms with Gasteiger partial charge < -0.3 is 19.9 Å². The maximum Gasteiger partial charge on any atom is 0.137 e. The minimum absolute atomic E-state index is 0.618. The summed E-state index contributed by atoms with van der Waals surface area (Å²) < 4.78 is 6.09. The van der Waals surface area contributed by atoms with E-state index in [1.165, 1.54) is 11.1 Å². The van der Waals surface area contributed by atoms with Crippen molar-refractivity contribution in [2.75, 3.05) is 29.9 Å². The second-order valence-corrected chi connectivity index (χ2v) is 8.46. The van der Waals surface area contributed by atoms with Crippen LogP contribution in [0.15, 0.2) is 42.7 Å². The number of aryl methyl sites for hydroxylation is 1. The van der Waals surface area contributed by atoms with Crippen LogP contribution in [0.4, 0.5) is 11.6 Å². The first kappa shape index (κ1) is 21.2. The Labute approximate surface area is 194 Å². The van der Waals surface area contributed by atoms with E-state index in [9.17, 15) is 0 Å². The second kappa shape index (κ2) is 9.10. The van der Waals surface area contributed by atoms with Crippen LogP contribution in [0, 0.1) is 6.92 Å². The van der Waals surface area contributed by atoms with E-state index in [0.29, 0.717) is 6.61 Å². The van der Waals surface area contributed by atoms with Gasteiger partial charge in [0.25, 0.3) is 0 Å². The number of imidazole rings is 1. The zero-order valence-electron chi connectivity index (χ0n) is 19.5. The maximum absolute atomic E-state index is 6.09. The predicted octanol–water partition coefficient (Wildman–Crippen LogP) is 5.11. The van der Waals surface area contributed by atoms with Crippen molar-refractivity contribution in [2.45, 2.75) is 40.2 Å². The molecule has 0 saturated heterocycles. The van der Waals surface area contributed by atoms with Gasteiger partial charge in [0.15, 0.2) is 0 Å². The molecule has 5 rings (SSSR count). The summed E-state index contributed by atoms with van der Waals surface area (Å²) in [6, 6.07) is 12.9. The monoisotopic (exact) mass is 442 g/mol. The van der Waals surface area contributed by atoms with Gasteiger partial charge in [-0.05, 0) is 55.7 Å². The lowest BCUT2D eigenvalue weighted by Crippen LogP contribution is -2.27. The number of aromatic nitrogens is 4. The van der Waals surface area contributed by atoms with Crippen LogP contribution in [-0.4, -0.2) is 39.6 Å². The molecule has 7 heteroatoms. The Morgan fingerprint density at radius 3 is 2.79 bits per heavy atom. The standard InChI is InChI=1S/C26H30N6O/c1-4-6-24-30-21-9-7-19(14-22(21)31-24)18-8-10-23-20(13-18)15-32(11-12-33-23)26-17(3)25(27-5-2)28-16-29-26/h7-10,13-14,16H,4-6,11-12,15H2,1-3H3,(H,30,31)(H,27,28,29). The number of aromatic amines is 1. The fourth-order valence-electron chi connectivity index (χ4n) is 4.46. The Bertz CT molecular complexity index is 1280. The molecule has 0 amide bonds. The van der Waals surface area contributed by atoms with Gasteiger partial charge in [0.2, 0.25) is 0 Å². The highest BCUT2D eigenvalue weighted by atomic mass is 16.5. The molecule has 170 valence electrons. The van der Waals surface area contributed by atoms with E-state index in [1.807, 2.05) is 0 Å². The minimum Gasteiger partial charge on any atom is -0.491 e. The highest BCUT2D eigenvalue weighted by Gasteiger charge is 2.20. The van der Waals surface area contributed by atoms with Gasteiger partial charge in [0.05, 0.1) is 17.6 Å². The largest absolute Gasteiger partial charge is 0.491 e. The topological polar surface area (TPSA) is 79.0 Å². The molecule has 2 aromatic heterocycles. The Kier molecular flexibility index (Phi) is 5.86. The molecule has 4 aromatic rings. The van der Waals surface area contributed by atoms with E-state index in [-0.39, 0.29) is 0 Å². The molecular formula is C26H30N6O. The lowest BCUT2D eigenvalue weighted by molar-refractivity contribution is 0.331. The lowest BCUT2D eigenvalue weighted by Gasteiger charge is -2.23. The molecule has 0 radical (unpaired) electrons. The van der Waals surface area contributed by atoms with Crippen molar-refractivity contribution < 1.29 is 4.74 Å². The smallest absolute Gasteiger partial charge is 0.137 e. The normalized spacial score (nSPS) is 13.5.